The Kier molecular flexibility index (Phi) is 62.7. The number of rotatable bonds is 68. The molecule has 0 aliphatic carbocycles. The van der Waals surface area contributed by atoms with E-state index in [2.05, 4.69) is 31.3 Å². The molecule has 0 radical (unpaired) electrons. The third kappa shape index (κ3) is 54.4. The highest BCUT2D eigenvalue weighted by Gasteiger charge is 2.44. The molecule has 0 aromatic heterocycles. The van der Waals surface area contributed by atoms with Crippen molar-refractivity contribution >= 4 is 11.9 Å². The van der Waals surface area contributed by atoms with Gasteiger partial charge >= 0.3 is 5.97 Å². The lowest BCUT2D eigenvalue weighted by Crippen LogP contribution is -2.60. The van der Waals surface area contributed by atoms with Crippen molar-refractivity contribution < 1.29 is 49.3 Å². The van der Waals surface area contributed by atoms with E-state index in [0.717, 1.165) is 57.8 Å². The molecule has 1 aliphatic rings. The van der Waals surface area contributed by atoms with Crippen LogP contribution in [0.1, 0.15) is 386 Å². The van der Waals surface area contributed by atoms with Gasteiger partial charge in [-0.25, -0.2) is 0 Å². The molecular formula is C76H145NO10. The SMILES string of the molecule is CCCCCCCC/C=C\CCCCCCCCCC(=O)OCCCCCCCCCCCCCCCCCCCCCCCCCCCCCCCCCCCC(=O)NC(COC1OC(CO)C(O)C(O)C1O)C(O)/C=C/CCCCCCCCC. The molecule has 6 N–H and O–H groups in total. The van der Waals surface area contributed by atoms with Crippen LogP contribution in [0.3, 0.4) is 0 Å². The molecule has 0 saturated carbocycles. The Hall–Kier alpha value is -1.86. The third-order valence-electron chi connectivity index (χ3n) is 18.3. The van der Waals surface area contributed by atoms with Gasteiger partial charge in [-0.1, -0.05) is 340 Å². The van der Waals surface area contributed by atoms with Gasteiger partial charge in [0.2, 0.25) is 5.91 Å². The van der Waals surface area contributed by atoms with Gasteiger partial charge in [0.1, 0.15) is 24.4 Å². The zero-order valence-electron chi connectivity index (χ0n) is 57.3. The highest BCUT2D eigenvalue weighted by atomic mass is 16.7. The number of aliphatic hydroxyl groups excluding tert-OH is 5. The van der Waals surface area contributed by atoms with Gasteiger partial charge in [-0.2, -0.15) is 0 Å². The maximum absolute atomic E-state index is 13.0. The average Bonchev–Trinajstić information content (AvgIpc) is 3.02. The Labute approximate surface area is 537 Å². The highest BCUT2D eigenvalue weighted by Crippen LogP contribution is 2.24. The number of unbranched alkanes of at least 4 members (excludes halogenated alkanes) is 52. The van der Waals surface area contributed by atoms with E-state index in [-0.39, 0.29) is 18.5 Å². The van der Waals surface area contributed by atoms with Gasteiger partial charge in [0.15, 0.2) is 6.29 Å². The van der Waals surface area contributed by atoms with Gasteiger partial charge in [-0.05, 0) is 57.8 Å². The van der Waals surface area contributed by atoms with Gasteiger partial charge in [0.25, 0.3) is 0 Å². The highest BCUT2D eigenvalue weighted by molar-refractivity contribution is 5.76. The van der Waals surface area contributed by atoms with Crippen LogP contribution in [-0.4, -0.2) is 100 Å². The van der Waals surface area contributed by atoms with Crippen LogP contribution in [-0.2, 0) is 23.8 Å². The zero-order chi connectivity index (χ0) is 63.0. The Morgan fingerprint density at radius 1 is 0.414 bits per heavy atom. The number of nitrogens with one attached hydrogen (secondary N) is 1. The smallest absolute Gasteiger partial charge is 0.305 e. The number of ether oxygens (including phenoxy) is 3. The fourth-order valence-corrected chi connectivity index (χ4v) is 12.3. The summed E-state index contributed by atoms with van der Waals surface area (Å²) in [6.07, 6.45) is 73.6. The first-order valence-electron chi connectivity index (χ1n) is 38.1. The summed E-state index contributed by atoms with van der Waals surface area (Å²) in [4.78, 5) is 25.1. The number of carbonyl (C=O) groups excluding carboxylic acids is 2. The molecular weight excluding hydrogens is 1090 g/mol. The Bertz CT molecular complexity index is 1490. The standard InChI is InChI=1S/C76H145NO10/c1-3-5-7-9-11-13-14-15-16-34-38-41-44-48-52-56-60-64-72(81)85-65-61-57-53-49-45-42-39-36-33-31-29-27-25-23-21-19-17-18-20-22-24-26-28-30-32-35-37-40-43-47-51-55-59-63-71(80)77-68(69(79)62-58-54-50-46-12-10-8-6-4-2)67-86-76-75(84)74(83)73(82)70(66-78)87-76/h15-16,58,62,68-70,73-76,78-79,82-84H,3-14,17-57,59-61,63-67H2,1-2H3,(H,77,80)/b16-15-,62-58+. The van der Waals surface area contributed by atoms with E-state index >= 15 is 0 Å². The number of aliphatic hydroxyl groups is 5. The summed E-state index contributed by atoms with van der Waals surface area (Å²) in [5.74, 6) is -0.165. The lowest BCUT2D eigenvalue weighted by molar-refractivity contribution is -0.302. The van der Waals surface area contributed by atoms with Crippen molar-refractivity contribution in [3.8, 4) is 0 Å². The molecule has 0 aromatic carbocycles. The summed E-state index contributed by atoms with van der Waals surface area (Å²) in [5.41, 5.74) is 0. The molecule has 0 spiro atoms. The predicted molar refractivity (Wildman–Crippen MR) is 366 cm³/mol. The molecule has 1 heterocycles. The van der Waals surface area contributed by atoms with Crippen LogP contribution in [0, 0.1) is 0 Å². The largest absolute Gasteiger partial charge is 0.466 e. The van der Waals surface area contributed by atoms with E-state index in [4.69, 9.17) is 14.2 Å². The lowest BCUT2D eigenvalue weighted by atomic mass is 9.99. The van der Waals surface area contributed by atoms with Crippen molar-refractivity contribution in [3.05, 3.63) is 24.3 Å². The first kappa shape index (κ1) is 83.2. The molecule has 7 unspecified atom stereocenters. The first-order chi connectivity index (χ1) is 42.7. The molecule has 11 nitrogen and oxygen atoms in total. The summed E-state index contributed by atoms with van der Waals surface area (Å²) < 4.78 is 16.7. The fraction of sp³-hybridized carbons (Fsp3) is 0.921. The van der Waals surface area contributed by atoms with Gasteiger partial charge in [0, 0.05) is 12.8 Å². The van der Waals surface area contributed by atoms with Crippen LogP contribution >= 0.6 is 0 Å². The van der Waals surface area contributed by atoms with Crippen molar-refractivity contribution in [3.63, 3.8) is 0 Å². The molecule has 1 aliphatic heterocycles. The Morgan fingerprint density at radius 3 is 1.10 bits per heavy atom. The predicted octanol–water partition coefficient (Wildman–Crippen LogP) is 20.0. The van der Waals surface area contributed by atoms with E-state index in [1.165, 1.54) is 302 Å². The second kappa shape index (κ2) is 65.6. The number of esters is 1. The topological polar surface area (TPSA) is 175 Å². The van der Waals surface area contributed by atoms with Crippen LogP contribution in [0.5, 0.6) is 0 Å². The van der Waals surface area contributed by atoms with Crippen LogP contribution in [0.15, 0.2) is 24.3 Å². The monoisotopic (exact) mass is 1230 g/mol. The maximum atomic E-state index is 13.0. The quantitative estimate of drug-likeness (QED) is 0.0195. The average molecular weight is 1230 g/mol. The summed E-state index contributed by atoms with van der Waals surface area (Å²) in [5, 5.41) is 54.3. The van der Waals surface area contributed by atoms with E-state index in [1.807, 2.05) is 6.08 Å². The van der Waals surface area contributed by atoms with Gasteiger partial charge in [0.05, 0.1) is 32.0 Å². The van der Waals surface area contributed by atoms with Crippen LogP contribution < -0.4 is 5.32 Å². The van der Waals surface area contributed by atoms with Crippen LogP contribution in [0.2, 0.25) is 0 Å². The normalized spacial score (nSPS) is 17.9. The van der Waals surface area contributed by atoms with Crippen LogP contribution in [0.25, 0.3) is 0 Å². The first-order valence-corrected chi connectivity index (χ1v) is 38.1. The van der Waals surface area contributed by atoms with Crippen molar-refractivity contribution in [2.45, 2.75) is 429 Å². The molecule has 1 saturated heterocycles. The van der Waals surface area contributed by atoms with Gasteiger partial charge in [-0.15, -0.1) is 0 Å². The van der Waals surface area contributed by atoms with Crippen molar-refractivity contribution in [1.29, 1.82) is 0 Å². The second-order valence-corrected chi connectivity index (χ2v) is 26.7. The van der Waals surface area contributed by atoms with Crippen molar-refractivity contribution in [2.75, 3.05) is 19.8 Å². The van der Waals surface area contributed by atoms with E-state index in [1.54, 1.807) is 6.08 Å². The van der Waals surface area contributed by atoms with Crippen molar-refractivity contribution in [2.24, 2.45) is 0 Å². The number of carbonyl (C=O) groups is 2. The minimum Gasteiger partial charge on any atom is -0.466 e. The zero-order valence-corrected chi connectivity index (χ0v) is 57.3. The summed E-state index contributed by atoms with van der Waals surface area (Å²) in [6.45, 7) is 4.36. The summed E-state index contributed by atoms with van der Waals surface area (Å²) in [6, 6.07) is -0.804. The maximum Gasteiger partial charge on any atom is 0.305 e. The molecule has 514 valence electrons. The van der Waals surface area contributed by atoms with Crippen molar-refractivity contribution in [1.82, 2.24) is 5.32 Å². The molecule has 11 heteroatoms. The number of hydrogen-bond donors (Lipinski definition) is 6. The molecule has 1 amide bonds. The minimum absolute atomic E-state index is 0.0118. The molecule has 1 fully saturated rings. The third-order valence-corrected chi connectivity index (χ3v) is 18.3. The summed E-state index contributed by atoms with van der Waals surface area (Å²) >= 11 is 0. The molecule has 1 rings (SSSR count). The van der Waals surface area contributed by atoms with Gasteiger partial charge in [-0.3, -0.25) is 9.59 Å². The van der Waals surface area contributed by atoms with Crippen LogP contribution in [0.4, 0.5) is 0 Å². The number of allylic oxidation sites excluding steroid dienone is 3. The number of amides is 1. The van der Waals surface area contributed by atoms with E-state index in [9.17, 15) is 35.1 Å². The van der Waals surface area contributed by atoms with E-state index < -0.39 is 49.5 Å². The van der Waals surface area contributed by atoms with E-state index in [0.29, 0.717) is 19.4 Å². The Balaban J connectivity index is 1.86. The Morgan fingerprint density at radius 2 is 0.736 bits per heavy atom. The fourth-order valence-electron chi connectivity index (χ4n) is 12.3. The molecule has 87 heavy (non-hydrogen) atoms. The van der Waals surface area contributed by atoms with Gasteiger partial charge < -0.3 is 45.1 Å². The molecule has 0 aromatic rings. The molecule has 0 bridgehead atoms. The summed E-state index contributed by atoms with van der Waals surface area (Å²) in [7, 11) is 0. The lowest BCUT2D eigenvalue weighted by Gasteiger charge is -2.40. The number of hydrogen-bond acceptors (Lipinski definition) is 10. The molecule has 7 atom stereocenters. The minimum atomic E-state index is -1.57. The second-order valence-electron chi connectivity index (χ2n) is 26.7.